The molecule has 2 atom stereocenters. The van der Waals surface area contributed by atoms with Crippen LogP contribution in [-0.2, 0) is 4.74 Å². The zero-order valence-corrected chi connectivity index (χ0v) is 10.3. The quantitative estimate of drug-likeness (QED) is 0.700. The number of hydrogen-bond acceptors (Lipinski definition) is 4. The Morgan fingerprint density at radius 1 is 1.47 bits per heavy atom. The maximum Gasteiger partial charge on any atom is 0.0630 e. The summed E-state index contributed by atoms with van der Waals surface area (Å²) in [6.45, 7) is 10.5. The number of hydrogen-bond donors (Lipinski definition) is 1. The summed E-state index contributed by atoms with van der Waals surface area (Å²) in [5.74, 6) is 0. The molecule has 0 spiro atoms. The van der Waals surface area contributed by atoms with Crippen LogP contribution in [-0.4, -0.2) is 68.3 Å². The van der Waals surface area contributed by atoms with Crippen LogP contribution in [0.1, 0.15) is 13.8 Å². The molecular formula is C11H25N3O. The predicted molar refractivity (Wildman–Crippen MR) is 63.0 cm³/mol. The van der Waals surface area contributed by atoms with Gasteiger partial charge in [0.05, 0.1) is 6.61 Å². The van der Waals surface area contributed by atoms with E-state index in [0.717, 1.165) is 32.8 Å². The number of methoxy groups -OCH3 is 1. The fourth-order valence-corrected chi connectivity index (χ4v) is 2.34. The van der Waals surface area contributed by atoms with Crippen molar-refractivity contribution in [1.29, 1.82) is 0 Å². The Bertz CT molecular complexity index is 177. The lowest BCUT2D eigenvalue weighted by atomic mass is 10.1. The molecule has 0 aromatic heterocycles. The normalized spacial score (nSPS) is 26.8. The van der Waals surface area contributed by atoms with Gasteiger partial charge >= 0.3 is 0 Å². The minimum absolute atomic E-state index is 0.386. The Hall–Kier alpha value is -0.160. The van der Waals surface area contributed by atoms with Crippen LogP contribution in [0.25, 0.3) is 0 Å². The van der Waals surface area contributed by atoms with Crippen molar-refractivity contribution in [3.8, 4) is 0 Å². The number of nitrogens with two attached hydrogens (primary N) is 1. The predicted octanol–water partition coefficient (Wildman–Crippen LogP) is -0.0139. The Morgan fingerprint density at radius 2 is 2.20 bits per heavy atom. The molecule has 1 heterocycles. The summed E-state index contributed by atoms with van der Waals surface area (Å²) in [6, 6.07) is 1.02. The second-order valence-corrected chi connectivity index (χ2v) is 4.32. The highest BCUT2D eigenvalue weighted by Crippen LogP contribution is 2.11. The van der Waals surface area contributed by atoms with E-state index in [4.69, 9.17) is 10.5 Å². The molecular weight excluding hydrogens is 190 g/mol. The summed E-state index contributed by atoms with van der Waals surface area (Å²) in [7, 11) is 1.74. The van der Waals surface area contributed by atoms with Crippen molar-refractivity contribution < 1.29 is 4.74 Å². The minimum atomic E-state index is 0.386. The van der Waals surface area contributed by atoms with Gasteiger partial charge in [-0.2, -0.15) is 0 Å². The molecule has 1 saturated heterocycles. The second-order valence-electron chi connectivity index (χ2n) is 4.32. The molecule has 4 nitrogen and oxygen atoms in total. The first-order valence-corrected chi connectivity index (χ1v) is 5.90. The van der Waals surface area contributed by atoms with Gasteiger partial charge in [0.2, 0.25) is 0 Å². The lowest BCUT2D eigenvalue weighted by Gasteiger charge is -2.42. The third kappa shape index (κ3) is 3.41. The van der Waals surface area contributed by atoms with Crippen molar-refractivity contribution in [3.63, 3.8) is 0 Å². The number of nitrogens with zero attached hydrogens (tertiary/aromatic N) is 2. The van der Waals surface area contributed by atoms with E-state index in [2.05, 4.69) is 23.6 Å². The molecule has 1 aliphatic heterocycles. The molecule has 0 aromatic carbocycles. The first kappa shape index (κ1) is 12.9. The van der Waals surface area contributed by atoms with Crippen LogP contribution in [0.3, 0.4) is 0 Å². The summed E-state index contributed by atoms with van der Waals surface area (Å²) >= 11 is 0. The number of piperazine rings is 1. The van der Waals surface area contributed by atoms with E-state index in [1.807, 2.05) is 0 Å². The average Bonchev–Trinajstić information content (AvgIpc) is 2.25. The fourth-order valence-electron chi connectivity index (χ4n) is 2.34. The first-order chi connectivity index (χ1) is 7.22. The molecule has 1 fully saturated rings. The summed E-state index contributed by atoms with van der Waals surface area (Å²) in [4.78, 5) is 4.97. The lowest BCUT2D eigenvalue weighted by Crippen LogP contribution is -2.57. The molecule has 0 radical (unpaired) electrons. The van der Waals surface area contributed by atoms with Gasteiger partial charge in [-0.25, -0.2) is 0 Å². The van der Waals surface area contributed by atoms with Crippen molar-refractivity contribution >= 4 is 0 Å². The minimum Gasteiger partial charge on any atom is -0.383 e. The van der Waals surface area contributed by atoms with Gasteiger partial charge in [-0.05, 0) is 13.5 Å². The van der Waals surface area contributed by atoms with Gasteiger partial charge in [-0.3, -0.25) is 9.80 Å². The van der Waals surface area contributed by atoms with E-state index in [1.165, 1.54) is 0 Å². The van der Waals surface area contributed by atoms with Crippen LogP contribution in [0.4, 0.5) is 0 Å². The number of rotatable bonds is 5. The van der Waals surface area contributed by atoms with Gasteiger partial charge < -0.3 is 10.5 Å². The van der Waals surface area contributed by atoms with Gasteiger partial charge in [0, 0.05) is 45.4 Å². The van der Waals surface area contributed by atoms with E-state index in [1.54, 1.807) is 7.11 Å². The van der Waals surface area contributed by atoms with Crippen LogP contribution >= 0.6 is 0 Å². The van der Waals surface area contributed by atoms with E-state index >= 15 is 0 Å². The molecule has 0 aromatic rings. The average molecular weight is 215 g/mol. The smallest absolute Gasteiger partial charge is 0.0630 e. The standard InChI is InChI=1S/C11H25N3O/c1-4-13-5-6-14(8-10(13)2)11(7-12)9-15-3/h10-11H,4-9,12H2,1-3H3. The molecule has 1 rings (SSSR count). The molecule has 1 aliphatic rings. The van der Waals surface area contributed by atoms with E-state index in [9.17, 15) is 0 Å². The van der Waals surface area contributed by atoms with E-state index in [0.29, 0.717) is 18.6 Å². The van der Waals surface area contributed by atoms with Crippen molar-refractivity contribution in [3.05, 3.63) is 0 Å². The zero-order chi connectivity index (χ0) is 11.3. The van der Waals surface area contributed by atoms with Crippen molar-refractivity contribution in [1.82, 2.24) is 9.80 Å². The Labute approximate surface area is 93.4 Å². The number of likely N-dealkylation sites (N-methyl/N-ethyl adjacent to an activating group) is 1. The molecule has 90 valence electrons. The fraction of sp³-hybridized carbons (Fsp3) is 1.00. The number of ether oxygens (including phenoxy) is 1. The topological polar surface area (TPSA) is 41.7 Å². The second kappa shape index (κ2) is 6.43. The summed E-state index contributed by atoms with van der Waals surface area (Å²) < 4.78 is 5.20. The van der Waals surface area contributed by atoms with Crippen molar-refractivity contribution in [2.24, 2.45) is 5.73 Å². The highest BCUT2D eigenvalue weighted by Gasteiger charge is 2.26. The molecule has 0 amide bonds. The first-order valence-electron chi connectivity index (χ1n) is 5.90. The Morgan fingerprint density at radius 3 is 2.67 bits per heavy atom. The highest BCUT2D eigenvalue weighted by molar-refractivity contribution is 4.83. The molecule has 0 aliphatic carbocycles. The zero-order valence-electron chi connectivity index (χ0n) is 10.3. The largest absolute Gasteiger partial charge is 0.383 e. The van der Waals surface area contributed by atoms with Crippen LogP contribution in [0.15, 0.2) is 0 Å². The van der Waals surface area contributed by atoms with E-state index in [-0.39, 0.29) is 0 Å². The van der Waals surface area contributed by atoms with Gasteiger partial charge in [-0.15, -0.1) is 0 Å². The highest BCUT2D eigenvalue weighted by atomic mass is 16.5. The maximum absolute atomic E-state index is 5.77. The molecule has 0 bridgehead atoms. The van der Waals surface area contributed by atoms with Crippen LogP contribution < -0.4 is 5.73 Å². The summed E-state index contributed by atoms with van der Waals surface area (Å²) in [5, 5.41) is 0. The lowest BCUT2D eigenvalue weighted by molar-refractivity contribution is 0.0297. The van der Waals surface area contributed by atoms with Gasteiger partial charge in [0.25, 0.3) is 0 Å². The van der Waals surface area contributed by atoms with Crippen LogP contribution in [0, 0.1) is 0 Å². The SMILES string of the molecule is CCN1CCN(C(CN)COC)CC1C. The maximum atomic E-state index is 5.77. The van der Waals surface area contributed by atoms with Crippen LogP contribution in [0.5, 0.6) is 0 Å². The van der Waals surface area contributed by atoms with Crippen molar-refractivity contribution in [2.75, 3.05) is 46.4 Å². The summed E-state index contributed by atoms with van der Waals surface area (Å²) in [5.41, 5.74) is 5.77. The Kier molecular flexibility index (Phi) is 5.53. The molecule has 0 saturated carbocycles. The monoisotopic (exact) mass is 215 g/mol. The van der Waals surface area contributed by atoms with E-state index < -0.39 is 0 Å². The molecule has 2 N–H and O–H groups in total. The van der Waals surface area contributed by atoms with Gasteiger partial charge in [0.15, 0.2) is 0 Å². The van der Waals surface area contributed by atoms with Crippen molar-refractivity contribution in [2.45, 2.75) is 25.9 Å². The third-order valence-corrected chi connectivity index (χ3v) is 3.35. The molecule has 2 unspecified atom stereocenters. The molecule has 15 heavy (non-hydrogen) atoms. The third-order valence-electron chi connectivity index (χ3n) is 3.35. The van der Waals surface area contributed by atoms with Gasteiger partial charge in [0.1, 0.15) is 0 Å². The van der Waals surface area contributed by atoms with Gasteiger partial charge in [-0.1, -0.05) is 6.92 Å². The summed E-state index contributed by atoms with van der Waals surface area (Å²) in [6.07, 6.45) is 0. The Balaban J connectivity index is 2.44. The van der Waals surface area contributed by atoms with Crippen LogP contribution in [0.2, 0.25) is 0 Å². The molecule has 4 heteroatoms.